The van der Waals surface area contributed by atoms with Crippen molar-refractivity contribution < 1.29 is 19.1 Å². The van der Waals surface area contributed by atoms with Crippen molar-refractivity contribution in [2.45, 2.75) is 31.8 Å². The number of thiazole rings is 1. The second-order valence-corrected chi connectivity index (χ2v) is 8.88. The first-order valence-electron chi connectivity index (χ1n) is 9.56. The molecule has 2 aliphatic rings. The topological polar surface area (TPSA) is 91.8 Å². The lowest BCUT2D eigenvalue weighted by molar-refractivity contribution is -0.139. The number of thioether (sulfide) groups is 1. The SMILES string of the molecule is CCOC(=O)N1CSCC1C(=O)N1CCCC1C(=O)Nc1nc2ccccc2s1. The fraction of sp³-hybridized carbons (Fsp3) is 0.474. The molecule has 1 aromatic heterocycles. The molecule has 0 aliphatic carbocycles. The molecule has 10 heteroatoms. The lowest BCUT2D eigenvalue weighted by Gasteiger charge is -2.29. The smallest absolute Gasteiger partial charge is 0.411 e. The molecule has 0 bridgehead atoms. The summed E-state index contributed by atoms with van der Waals surface area (Å²) in [5.74, 6) is 0.514. The molecule has 4 rings (SSSR count). The van der Waals surface area contributed by atoms with E-state index in [-0.39, 0.29) is 18.4 Å². The number of nitrogens with zero attached hydrogens (tertiary/aromatic N) is 3. The van der Waals surface area contributed by atoms with E-state index >= 15 is 0 Å². The van der Waals surface area contributed by atoms with Crippen molar-refractivity contribution in [3.05, 3.63) is 24.3 Å². The largest absolute Gasteiger partial charge is 0.450 e. The molecule has 8 nitrogen and oxygen atoms in total. The van der Waals surface area contributed by atoms with Crippen LogP contribution in [-0.4, -0.2) is 69.6 Å². The van der Waals surface area contributed by atoms with Crippen LogP contribution in [0.25, 0.3) is 10.2 Å². The van der Waals surface area contributed by atoms with E-state index in [1.807, 2.05) is 24.3 Å². The number of aromatic nitrogens is 1. The van der Waals surface area contributed by atoms with Gasteiger partial charge in [0.2, 0.25) is 11.8 Å². The maximum atomic E-state index is 13.1. The lowest BCUT2D eigenvalue weighted by atomic mass is 10.2. The molecule has 29 heavy (non-hydrogen) atoms. The fourth-order valence-electron chi connectivity index (χ4n) is 3.64. The Bertz CT molecular complexity index is 901. The number of hydrogen-bond donors (Lipinski definition) is 1. The maximum absolute atomic E-state index is 13.1. The first kappa shape index (κ1) is 20.0. The van der Waals surface area contributed by atoms with Crippen molar-refractivity contribution in [3.8, 4) is 0 Å². The predicted octanol–water partition coefficient (Wildman–Crippen LogP) is 2.76. The highest BCUT2D eigenvalue weighted by Crippen LogP contribution is 2.29. The van der Waals surface area contributed by atoms with E-state index in [4.69, 9.17) is 4.74 Å². The molecular weight excluding hydrogens is 412 g/mol. The minimum Gasteiger partial charge on any atom is -0.450 e. The van der Waals surface area contributed by atoms with E-state index in [1.54, 1.807) is 11.8 Å². The molecule has 3 heterocycles. The third kappa shape index (κ3) is 4.04. The minimum absolute atomic E-state index is 0.190. The van der Waals surface area contributed by atoms with Gasteiger partial charge in [0.25, 0.3) is 0 Å². The van der Waals surface area contributed by atoms with Crippen LogP contribution in [0.3, 0.4) is 0 Å². The number of fused-ring (bicyclic) bond motifs is 1. The molecule has 2 saturated heterocycles. The van der Waals surface area contributed by atoms with Gasteiger partial charge in [-0.2, -0.15) is 0 Å². The summed E-state index contributed by atoms with van der Waals surface area (Å²) in [6, 6.07) is 6.54. The van der Waals surface area contributed by atoms with Gasteiger partial charge in [0.15, 0.2) is 5.13 Å². The molecule has 2 unspecified atom stereocenters. The summed E-state index contributed by atoms with van der Waals surface area (Å²) in [6.45, 7) is 2.51. The van der Waals surface area contributed by atoms with Crippen molar-refractivity contribution in [1.82, 2.24) is 14.8 Å². The number of carbonyl (C=O) groups excluding carboxylic acids is 3. The van der Waals surface area contributed by atoms with Crippen LogP contribution in [0.1, 0.15) is 19.8 Å². The highest BCUT2D eigenvalue weighted by Gasteiger charge is 2.43. The molecule has 2 aliphatic heterocycles. The van der Waals surface area contributed by atoms with Crippen LogP contribution in [-0.2, 0) is 14.3 Å². The van der Waals surface area contributed by atoms with Crippen LogP contribution in [0.2, 0.25) is 0 Å². The summed E-state index contributed by atoms with van der Waals surface area (Å²) in [5.41, 5.74) is 0.834. The number of hydrogen-bond acceptors (Lipinski definition) is 7. The third-order valence-corrected chi connectivity index (χ3v) is 7.00. The van der Waals surface area contributed by atoms with Crippen molar-refractivity contribution in [3.63, 3.8) is 0 Å². The molecule has 0 radical (unpaired) electrons. The Morgan fingerprint density at radius 2 is 2.07 bits per heavy atom. The van der Waals surface area contributed by atoms with E-state index in [0.29, 0.717) is 29.7 Å². The zero-order chi connectivity index (χ0) is 20.4. The van der Waals surface area contributed by atoms with E-state index in [1.165, 1.54) is 28.0 Å². The summed E-state index contributed by atoms with van der Waals surface area (Å²) in [6.07, 6.45) is 0.871. The molecule has 0 spiro atoms. The zero-order valence-corrected chi connectivity index (χ0v) is 17.6. The Hall–Kier alpha value is -2.33. The van der Waals surface area contributed by atoms with Gasteiger partial charge >= 0.3 is 6.09 Å². The number of rotatable bonds is 4. The monoisotopic (exact) mass is 434 g/mol. The number of likely N-dealkylation sites (tertiary alicyclic amines) is 1. The molecule has 154 valence electrons. The summed E-state index contributed by atoms with van der Waals surface area (Å²) in [4.78, 5) is 45.7. The Labute approximate surface area is 176 Å². The number of nitrogens with one attached hydrogen (secondary N) is 1. The predicted molar refractivity (Wildman–Crippen MR) is 113 cm³/mol. The van der Waals surface area contributed by atoms with Crippen molar-refractivity contribution in [2.75, 3.05) is 30.1 Å². The van der Waals surface area contributed by atoms with Crippen LogP contribution in [0.15, 0.2) is 24.3 Å². The highest BCUT2D eigenvalue weighted by molar-refractivity contribution is 7.99. The van der Waals surface area contributed by atoms with Gasteiger partial charge in [-0.3, -0.25) is 14.5 Å². The summed E-state index contributed by atoms with van der Waals surface area (Å²) < 4.78 is 6.06. The van der Waals surface area contributed by atoms with Gasteiger partial charge in [-0.1, -0.05) is 23.5 Å². The Morgan fingerprint density at radius 3 is 2.86 bits per heavy atom. The van der Waals surface area contributed by atoms with Gasteiger partial charge in [-0.25, -0.2) is 9.78 Å². The van der Waals surface area contributed by atoms with E-state index < -0.39 is 18.2 Å². The summed E-state index contributed by atoms with van der Waals surface area (Å²) in [5, 5.41) is 3.39. The van der Waals surface area contributed by atoms with E-state index in [2.05, 4.69) is 10.3 Å². The molecule has 2 atom stereocenters. The van der Waals surface area contributed by atoms with Crippen molar-refractivity contribution >= 4 is 56.4 Å². The number of benzene rings is 1. The normalized spacial score (nSPS) is 21.6. The Kier molecular flexibility index (Phi) is 5.91. The van der Waals surface area contributed by atoms with Crippen LogP contribution in [0.4, 0.5) is 9.93 Å². The van der Waals surface area contributed by atoms with Crippen LogP contribution in [0.5, 0.6) is 0 Å². The first-order valence-corrected chi connectivity index (χ1v) is 11.5. The maximum Gasteiger partial charge on any atom is 0.411 e. The van der Waals surface area contributed by atoms with Gasteiger partial charge in [0.05, 0.1) is 22.7 Å². The number of ether oxygens (including phenoxy) is 1. The molecule has 0 saturated carbocycles. The molecular formula is C19H22N4O4S2. The van der Waals surface area contributed by atoms with Gasteiger partial charge in [-0.05, 0) is 31.9 Å². The van der Waals surface area contributed by atoms with Crippen molar-refractivity contribution in [2.24, 2.45) is 0 Å². The molecule has 3 amide bonds. The zero-order valence-electron chi connectivity index (χ0n) is 16.0. The van der Waals surface area contributed by atoms with Crippen LogP contribution in [0, 0.1) is 0 Å². The van der Waals surface area contributed by atoms with Crippen LogP contribution < -0.4 is 5.32 Å². The molecule has 1 aromatic carbocycles. The second-order valence-electron chi connectivity index (χ2n) is 6.85. The minimum atomic E-state index is -0.588. The molecule has 2 fully saturated rings. The summed E-state index contributed by atoms with van der Waals surface area (Å²) >= 11 is 2.92. The number of amides is 3. The Balaban J connectivity index is 1.45. The number of anilines is 1. The van der Waals surface area contributed by atoms with Gasteiger partial charge < -0.3 is 15.0 Å². The highest BCUT2D eigenvalue weighted by atomic mass is 32.2. The lowest BCUT2D eigenvalue weighted by Crippen LogP contribution is -2.52. The average molecular weight is 435 g/mol. The molecule has 2 aromatic rings. The number of carbonyl (C=O) groups is 3. The molecule has 1 N–H and O–H groups in total. The van der Waals surface area contributed by atoms with Crippen LogP contribution >= 0.6 is 23.1 Å². The first-order chi connectivity index (χ1) is 14.1. The van der Waals surface area contributed by atoms with Gasteiger partial charge in [0.1, 0.15) is 12.1 Å². The summed E-state index contributed by atoms with van der Waals surface area (Å²) in [7, 11) is 0. The van der Waals surface area contributed by atoms with E-state index in [0.717, 1.165) is 16.6 Å². The van der Waals surface area contributed by atoms with E-state index in [9.17, 15) is 14.4 Å². The quantitative estimate of drug-likeness (QED) is 0.796. The fourth-order valence-corrected chi connectivity index (χ4v) is 5.64. The number of para-hydroxylation sites is 1. The van der Waals surface area contributed by atoms with Gasteiger partial charge in [0, 0.05) is 12.3 Å². The second kappa shape index (κ2) is 8.58. The third-order valence-electron chi connectivity index (χ3n) is 5.03. The van der Waals surface area contributed by atoms with Crippen molar-refractivity contribution in [1.29, 1.82) is 0 Å². The average Bonchev–Trinajstić information content (AvgIpc) is 3.45. The van der Waals surface area contributed by atoms with Gasteiger partial charge in [-0.15, -0.1) is 11.8 Å². The Morgan fingerprint density at radius 1 is 1.24 bits per heavy atom. The standard InChI is InChI=1S/C19H22N4O4S2/c1-2-27-19(26)23-11-28-10-14(23)17(25)22-9-5-7-13(22)16(24)21-18-20-12-6-3-4-8-15(12)29-18/h3-4,6,8,13-14H,2,5,7,9-11H2,1H3,(H,20,21,24).